The third kappa shape index (κ3) is 2.74. The molecule has 6 heteroatoms. The van der Waals surface area contributed by atoms with E-state index in [0.717, 1.165) is 42.8 Å². The molecular formula is C13H17N5O. The second-order valence-electron chi connectivity index (χ2n) is 4.71. The highest BCUT2D eigenvalue weighted by atomic mass is 16.2. The molecule has 1 saturated heterocycles. The topological polar surface area (TPSA) is 73.1 Å². The zero-order valence-electron chi connectivity index (χ0n) is 10.6. The molecule has 100 valence electrons. The van der Waals surface area contributed by atoms with Crippen molar-refractivity contribution in [3.05, 3.63) is 24.4 Å². The fourth-order valence-corrected chi connectivity index (χ4v) is 2.34. The Hall–Kier alpha value is -1.92. The standard InChI is InChI=1S/C13H17N5O/c19-13(9-18-6-4-14-5-7-18)16-11-2-1-3-12-10(11)8-15-17-12/h1-3,8,14H,4-7,9H2,(H,15,17)(H,16,19). The summed E-state index contributed by atoms with van der Waals surface area (Å²) in [6.07, 6.45) is 1.73. The molecule has 0 unspecified atom stereocenters. The summed E-state index contributed by atoms with van der Waals surface area (Å²) in [5, 5.41) is 14.1. The Kier molecular flexibility index (Phi) is 3.43. The summed E-state index contributed by atoms with van der Waals surface area (Å²) in [6.45, 7) is 4.18. The van der Waals surface area contributed by atoms with Gasteiger partial charge in [-0.3, -0.25) is 14.8 Å². The van der Waals surface area contributed by atoms with E-state index in [4.69, 9.17) is 0 Å². The van der Waals surface area contributed by atoms with Crippen LogP contribution in [0.4, 0.5) is 5.69 Å². The minimum atomic E-state index is 0.0237. The van der Waals surface area contributed by atoms with Crippen molar-refractivity contribution in [3.8, 4) is 0 Å². The number of nitrogens with one attached hydrogen (secondary N) is 3. The number of aromatic nitrogens is 2. The number of amides is 1. The first-order valence-corrected chi connectivity index (χ1v) is 6.48. The molecule has 3 N–H and O–H groups in total. The van der Waals surface area contributed by atoms with Gasteiger partial charge in [-0.05, 0) is 12.1 Å². The van der Waals surface area contributed by atoms with E-state index in [1.165, 1.54) is 0 Å². The van der Waals surface area contributed by atoms with E-state index in [9.17, 15) is 4.79 Å². The fourth-order valence-electron chi connectivity index (χ4n) is 2.34. The minimum absolute atomic E-state index is 0.0237. The number of hydrogen-bond acceptors (Lipinski definition) is 4. The van der Waals surface area contributed by atoms with E-state index in [2.05, 4.69) is 25.7 Å². The van der Waals surface area contributed by atoms with Crippen LogP contribution in [-0.2, 0) is 4.79 Å². The van der Waals surface area contributed by atoms with Crippen LogP contribution in [0.25, 0.3) is 10.9 Å². The van der Waals surface area contributed by atoms with E-state index in [1.807, 2.05) is 18.2 Å². The molecule has 0 bridgehead atoms. The van der Waals surface area contributed by atoms with Crippen LogP contribution in [0.1, 0.15) is 0 Å². The third-order valence-electron chi connectivity index (χ3n) is 3.34. The SMILES string of the molecule is O=C(CN1CCNCC1)Nc1cccc2[nH]ncc12. The molecular weight excluding hydrogens is 242 g/mol. The highest BCUT2D eigenvalue weighted by molar-refractivity contribution is 6.01. The Bertz CT molecular complexity index is 573. The summed E-state index contributed by atoms with van der Waals surface area (Å²) in [7, 11) is 0. The first-order valence-electron chi connectivity index (χ1n) is 6.48. The third-order valence-corrected chi connectivity index (χ3v) is 3.34. The molecule has 0 radical (unpaired) electrons. The number of piperazine rings is 1. The smallest absolute Gasteiger partial charge is 0.238 e. The van der Waals surface area contributed by atoms with Crippen molar-refractivity contribution in [2.75, 3.05) is 38.0 Å². The molecule has 0 saturated carbocycles. The van der Waals surface area contributed by atoms with Crippen molar-refractivity contribution in [2.24, 2.45) is 0 Å². The lowest BCUT2D eigenvalue weighted by Gasteiger charge is -2.26. The normalized spacial score (nSPS) is 16.6. The molecule has 1 amide bonds. The largest absolute Gasteiger partial charge is 0.324 e. The molecule has 3 rings (SSSR count). The number of carbonyl (C=O) groups excluding carboxylic acids is 1. The Morgan fingerprint density at radius 1 is 1.37 bits per heavy atom. The van der Waals surface area contributed by atoms with Crippen molar-refractivity contribution in [1.82, 2.24) is 20.4 Å². The quantitative estimate of drug-likeness (QED) is 0.746. The lowest BCUT2D eigenvalue weighted by molar-refractivity contribution is -0.117. The van der Waals surface area contributed by atoms with Gasteiger partial charge in [-0.2, -0.15) is 5.10 Å². The van der Waals surface area contributed by atoms with Crippen molar-refractivity contribution in [1.29, 1.82) is 0 Å². The molecule has 2 aromatic rings. The molecule has 0 aliphatic carbocycles. The summed E-state index contributed by atoms with van der Waals surface area (Å²) in [5.74, 6) is 0.0237. The molecule has 6 nitrogen and oxygen atoms in total. The van der Waals surface area contributed by atoms with E-state index in [-0.39, 0.29) is 5.91 Å². The van der Waals surface area contributed by atoms with Gasteiger partial charge in [0.25, 0.3) is 0 Å². The van der Waals surface area contributed by atoms with E-state index in [1.54, 1.807) is 6.20 Å². The average molecular weight is 259 g/mol. The van der Waals surface area contributed by atoms with Gasteiger partial charge in [0.05, 0.1) is 23.9 Å². The number of benzene rings is 1. The maximum Gasteiger partial charge on any atom is 0.238 e. The minimum Gasteiger partial charge on any atom is -0.324 e. The molecule has 1 aromatic heterocycles. The number of rotatable bonds is 3. The van der Waals surface area contributed by atoms with Crippen molar-refractivity contribution in [2.45, 2.75) is 0 Å². The molecule has 2 heterocycles. The Balaban J connectivity index is 1.67. The van der Waals surface area contributed by atoms with Crippen molar-refractivity contribution < 1.29 is 4.79 Å². The van der Waals surface area contributed by atoms with Gasteiger partial charge in [0, 0.05) is 31.6 Å². The van der Waals surface area contributed by atoms with Gasteiger partial charge in [-0.1, -0.05) is 6.07 Å². The number of H-pyrrole nitrogens is 1. The predicted molar refractivity (Wildman–Crippen MR) is 74.0 cm³/mol. The summed E-state index contributed by atoms with van der Waals surface area (Å²) in [5.41, 5.74) is 1.74. The van der Waals surface area contributed by atoms with Crippen molar-refractivity contribution in [3.63, 3.8) is 0 Å². The van der Waals surface area contributed by atoms with Crippen molar-refractivity contribution >= 4 is 22.5 Å². The molecule has 0 atom stereocenters. The summed E-state index contributed by atoms with van der Waals surface area (Å²) < 4.78 is 0. The second kappa shape index (κ2) is 5.38. The summed E-state index contributed by atoms with van der Waals surface area (Å²) in [6, 6.07) is 5.74. The lowest BCUT2D eigenvalue weighted by atomic mass is 10.2. The summed E-state index contributed by atoms with van der Waals surface area (Å²) in [4.78, 5) is 14.2. The maximum absolute atomic E-state index is 12.0. The van der Waals surface area contributed by atoms with Crippen LogP contribution in [0.2, 0.25) is 0 Å². The first kappa shape index (κ1) is 12.1. The average Bonchev–Trinajstić information content (AvgIpc) is 2.89. The Labute approximate surface area is 111 Å². The van der Waals surface area contributed by atoms with Crippen LogP contribution in [0, 0.1) is 0 Å². The number of anilines is 1. The van der Waals surface area contributed by atoms with Crippen LogP contribution in [0.5, 0.6) is 0 Å². The fraction of sp³-hybridized carbons (Fsp3) is 0.385. The molecule has 1 aromatic carbocycles. The van der Waals surface area contributed by atoms with Gasteiger partial charge in [0.15, 0.2) is 0 Å². The zero-order valence-corrected chi connectivity index (χ0v) is 10.6. The maximum atomic E-state index is 12.0. The highest BCUT2D eigenvalue weighted by Gasteiger charge is 2.14. The summed E-state index contributed by atoms with van der Waals surface area (Å²) >= 11 is 0. The van der Waals surface area contributed by atoms with Crippen LogP contribution in [0.15, 0.2) is 24.4 Å². The molecule has 1 aliphatic rings. The monoisotopic (exact) mass is 259 g/mol. The molecule has 1 fully saturated rings. The van der Waals surface area contributed by atoms with Crippen LogP contribution >= 0.6 is 0 Å². The van der Waals surface area contributed by atoms with Gasteiger partial charge in [-0.15, -0.1) is 0 Å². The number of nitrogens with zero attached hydrogens (tertiary/aromatic N) is 2. The predicted octanol–water partition coefficient (Wildman–Crippen LogP) is 0.407. The second-order valence-corrected chi connectivity index (χ2v) is 4.71. The number of hydrogen-bond donors (Lipinski definition) is 3. The van der Waals surface area contributed by atoms with E-state index in [0.29, 0.717) is 6.54 Å². The molecule has 0 spiro atoms. The highest BCUT2D eigenvalue weighted by Crippen LogP contribution is 2.20. The van der Waals surface area contributed by atoms with Crippen LogP contribution in [-0.4, -0.2) is 53.7 Å². The number of aromatic amines is 1. The van der Waals surface area contributed by atoms with E-state index < -0.39 is 0 Å². The first-order chi connectivity index (χ1) is 9.33. The van der Waals surface area contributed by atoms with Crippen LogP contribution < -0.4 is 10.6 Å². The van der Waals surface area contributed by atoms with Gasteiger partial charge >= 0.3 is 0 Å². The molecule has 19 heavy (non-hydrogen) atoms. The Morgan fingerprint density at radius 3 is 3.05 bits per heavy atom. The number of carbonyl (C=O) groups is 1. The van der Waals surface area contributed by atoms with Gasteiger partial charge in [0.1, 0.15) is 0 Å². The van der Waals surface area contributed by atoms with Gasteiger partial charge in [0.2, 0.25) is 5.91 Å². The number of fused-ring (bicyclic) bond motifs is 1. The molecule has 1 aliphatic heterocycles. The van der Waals surface area contributed by atoms with Crippen LogP contribution in [0.3, 0.4) is 0 Å². The van der Waals surface area contributed by atoms with E-state index >= 15 is 0 Å². The Morgan fingerprint density at radius 2 is 2.21 bits per heavy atom. The lowest BCUT2D eigenvalue weighted by Crippen LogP contribution is -2.46. The van der Waals surface area contributed by atoms with Gasteiger partial charge < -0.3 is 10.6 Å². The zero-order chi connectivity index (χ0) is 13.1. The van der Waals surface area contributed by atoms with Gasteiger partial charge in [-0.25, -0.2) is 0 Å².